The molecule has 2 N–H and O–H groups in total. The molecule has 3 rings (SSSR count). The molecule has 0 fully saturated rings. The molecule has 0 saturated carbocycles. The van der Waals surface area contributed by atoms with Gasteiger partial charge in [0.05, 0.1) is 22.6 Å². The molecule has 0 unspecified atom stereocenters. The van der Waals surface area contributed by atoms with Crippen molar-refractivity contribution in [2.75, 3.05) is 5.32 Å². The van der Waals surface area contributed by atoms with E-state index in [1.165, 1.54) is 0 Å². The first-order valence-corrected chi connectivity index (χ1v) is 8.29. The number of rotatable bonds is 3. The monoisotopic (exact) mass is 347 g/mol. The largest absolute Gasteiger partial charge is 0.353 e. The van der Waals surface area contributed by atoms with E-state index in [0.29, 0.717) is 27.6 Å². The second kappa shape index (κ2) is 7.29. The summed E-state index contributed by atoms with van der Waals surface area (Å²) in [6.07, 6.45) is 0. The van der Waals surface area contributed by atoms with E-state index >= 15 is 0 Å². The van der Waals surface area contributed by atoms with Crippen molar-refractivity contribution in [3.8, 4) is 6.07 Å². The van der Waals surface area contributed by atoms with Crippen LogP contribution in [0.25, 0.3) is 0 Å². The van der Waals surface area contributed by atoms with E-state index in [9.17, 15) is 10.1 Å². The number of carbonyl (C=O) groups excluding carboxylic acids is 1. The predicted molar refractivity (Wildman–Crippen MR) is 102 cm³/mol. The molecule has 0 radical (unpaired) electrons. The molecule has 0 saturated heterocycles. The summed E-state index contributed by atoms with van der Waals surface area (Å²) in [6.45, 7) is 1.82. The lowest BCUT2D eigenvalue weighted by Crippen LogP contribution is -2.30. The number of nitrogens with one attached hydrogen (secondary N) is 2. The lowest BCUT2D eigenvalue weighted by Gasteiger charge is -2.28. The van der Waals surface area contributed by atoms with Crippen LogP contribution >= 0.6 is 12.6 Å². The molecule has 0 aliphatic carbocycles. The number of allylic oxidation sites excluding steroid dienone is 2. The Morgan fingerprint density at radius 3 is 2.32 bits per heavy atom. The van der Waals surface area contributed by atoms with Crippen molar-refractivity contribution >= 4 is 24.2 Å². The number of amides is 1. The molecule has 0 spiro atoms. The molecule has 0 aromatic heterocycles. The molecule has 124 valence electrons. The highest BCUT2D eigenvalue weighted by Crippen LogP contribution is 2.38. The third kappa shape index (κ3) is 3.44. The second-order valence-electron chi connectivity index (χ2n) is 5.70. The van der Waals surface area contributed by atoms with Crippen LogP contribution < -0.4 is 10.6 Å². The van der Waals surface area contributed by atoms with Crippen LogP contribution in [0.1, 0.15) is 18.4 Å². The molecule has 1 heterocycles. The zero-order valence-electron chi connectivity index (χ0n) is 13.7. The summed E-state index contributed by atoms with van der Waals surface area (Å²) < 4.78 is 0. The molecule has 2 aromatic rings. The minimum absolute atomic E-state index is 0.237. The maximum Gasteiger partial charge on any atom is 0.254 e. The van der Waals surface area contributed by atoms with Gasteiger partial charge in [-0.1, -0.05) is 48.5 Å². The lowest BCUT2D eigenvalue weighted by molar-refractivity contribution is -0.113. The number of dihydropyridines is 1. The van der Waals surface area contributed by atoms with E-state index in [1.807, 2.05) is 67.6 Å². The number of nitriles is 1. The summed E-state index contributed by atoms with van der Waals surface area (Å²) >= 11 is 4.39. The number of anilines is 1. The first-order valence-electron chi connectivity index (χ1n) is 7.84. The van der Waals surface area contributed by atoms with Crippen LogP contribution in [0.4, 0.5) is 5.69 Å². The number of para-hydroxylation sites is 1. The van der Waals surface area contributed by atoms with Crippen LogP contribution in [0.3, 0.4) is 0 Å². The van der Waals surface area contributed by atoms with Gasteiger partial charge in [0.25, 0.3) is 5.91 Å². The van der Waals surface area contributed by atoms with Crippen LogP contribution in [-0.4, -0.2) is 5.91 Å². The van der Waals surface area contributed by atoms with Crippen LogP contribution in [0.5, 0.6) is 0 Å². The predicted octanol–water partition coefficient (Wildman–Crippen LogP) is 3.95. The number of hydrogen-bond acceptors (Lipinski definition) is 4. The van der Waals surface area contributed by atoms with E-state index in [1.54, 1.807) is 0 Å². The Hall–Kier alpha value is -2.97. The molecule has 1 aliphatic rings. The third-order valence-electron chi connectivity index (χ3n) is 4.07. The molecular formula is C20H17N3OS. The molecule has 5 heteroatoms. The van der Waals surface area contributed by atoms with Crippen molar-refractivity contribution in [3.05, 3.63) is 88.1 Å². The standard InChI is InChI=1S/C20H17N3OS/c1-13-17(19(24)23-15-10-6-3-7-11-15)18(14-8-4-2-5-9-14)16(12-21)20(25)22-13/h2-11,18,22,25H,1H3,(H,23,24)/t18-/m0/s1. The van der Waals surface area contributed by atoms with Gasteiger partial charge in [0.1, 0.15) is 0 Å². The van der Waals surface area contributed by atoms with E-state index in [4.69, 9.17) is 0 Å². The van der Waals surface area contributed by atoms with Crippen LogP contribution in [0.2, 0.25) is 0 Å². The molecule has 1 aliphatic heterocycles. The van der Waals surface area contributed by atoms with Crippen LogP contribution in [0.15, 0.2) is 82.5 Å². The van der Waals surface area contributed by atoms with Crippen molar-refractivity contribution < 1.29 is 4.79 Å². The van der Waals surface area contributed by atoms with Gasteiger partial charge in [-0.3, -0.25) is 4.79 Å². The SMILES string of the molecule is CC1=C(C(=O)Nc2ccccc2)[C@@H](c2ccccc2)C(C#N)=C(S)N1. The van der Waals surface area contributed by atoms with Gasteiger partial charge in [0.2, 0.25) is 0 Å². The molecule has 4 nitrogen and oxygen atoms in total. The van der Waals surface area contributed by atoms with Gasteiger partial charge in [-0.05, 0) is 24.6 Å². The van der Waals surface area contributed by atoms with Gasteiger partial charge in [0.15, 0.2) is 0 Å². The quantitative estimate of drug-likeness (QED) is 0.737. The van der Waals surface area contributed by atoms with E-state index in [2.05, 4.69) is 29.3 Å². The average Bonchev–Trinajstić information content (AvgIpc) is 2.62. The van der Waals surface area contributed by atoms with Crippen LogP contribution in [0, 0.1) is 11.3 Å². The highest BCUT2D eigenvalue weighted by molar-refractivity contribution is 7.84. The smallest absolute Gasteiger partial charge is 0.254 e. The minimum atomic E-state index is -0.455. The van der Waals surface area contributed by atoms with Gasteiger partial charge in [-0.2, -0.15) is 5.26 Å². The highest BCUT2D eigenvalue weighted by Gasteiger charge is 2.33. The first-order chi connectivity index (χ1) is 12.1. The van der Waals surface area contributed by atoms with Gasteiger partial charge in [-0.15, -0.1) is 12.6 Å². The highest BCUT2D eigenvalue weighted by atomic mass is 32.1. The van der Waals surface area contributed by atoms with Gasteiger partial charge in [0, 0.05) is 17.0 Å². The Bertz CT molecular complexity index is 896. The summed E-state index contributed by atoms with van der Waals surface area (Å²) in [5.74, 6) is -0.692. The summed E-state index contributed by atoms with van der Waals surface area (Å²) in [5.41, 5.74) is 3.22. The molecule has 0 bridgehead atoms. The van der Waals surface area contributed by atoms with Gasteiger partial charge in [-0.25, -0.2) is 0 Å². The van der Waals surface area contributed by atoms with Gasteiger partial charge < -0.3 is 10.6 Å². The fourth-order valence-corrected chi connectivity index (χ4v) is 3.27. The number of nitrogens with zero attached hydrogens (tertiary/aromatic N) is 1. The second-order valence-corrected chi connectivity index (χ2v) is 6.15. The fourth-order valence-electron chi connectivity index (χ4n) is 2.93. The van der Waals surface area contributed by atoms with E-state index in [-0.39, 0.29) is 5.91 Å². The Balaban J connectivity index is 2.04. The van der Waals surface area contributed by atoms with Crippen molar-refractivity contribution in [1.82, 2.24) is 5.32 Å². The van der Waals surface area contributed by atoms with Crippen molar-refractivity contribution in [2.24, 2.45) is 0 Å². The zero-order valence-corrected chi connectivity index (χ0v) is 14.5. The average molecular weight is 347 g/mol. The maximum atomic E-state index is 13.0. The van der Waals surface area contributed by atoms with Crippen LogP contribution in [-0.2, 0) is 4.79 Å². The topological polar surface area (TPSA) is 64.9 Å². The lowest BCUT2D eigenvalue weighted by atomic mass is 9.82. The number of carbonyl (C=O) groups is 1. The summed E-state index contributed by atoms with van der Waals surface area (Å²) in [4.78, 5) is 13.0. The summed E-state index contributed by atoms with van der Waals surface area (Å²) in [6, 6.07) is 21.0. The normalized spacial score (nSPS) is 16.9. The number of benzene rings is 2. The summed E-state index contributed by atoms with van der Waals surface area (Å²) in [5, 5.41) is 16.0. The Morgan fingerprint density at radius 2 is 1.72 bits per heavy atom. The van der Waals surface area contributed by atoms with Gasteiger partial charge >= 0.3 is 0 Å². The molecule has 1 amide bonds. The van der Waals surface area contributed by atoms with Crippen molar-refractivity contribution in [3.63, 3.8) is 0 Å². The van der Waals surface area contributed by atoms with Crippen molar-refractivity contribution in [2.45, 2.75) is 12.8 Å². The molecule has 1 atom stereocenters. The molecule has 25 heavy (non-hydrogen) atoms. The molecular weight excluding hydrogens is 330 g/mol. The summed E-state index contributed by atoms with van der Waals surface area (Å²) in [7, 11) is 0. The van der Waals surface area contributed by atoms with E-state index < -0.39 is 5.92 Å². The number of thiol groups is 1. The fraction of sp³-hybridized carbons (Fsp3) is 0.100. The third-order valence-corrected chi connectivity index (χ3v) is 4.42. The minimum Gasteiger partial charge on any atom is -0.353 e. The Labute approximate surface area is 152 Å². The Kier molecular flexibility index (Phi) is 4.92. The molecule has 2 aromatic carbocycles. The zero-order chi connectivity index (χ0) is 17.8. The number of hydrogen-bond donors (Lipinski definition) is 3. The first kappa shape index (κ1) is 16.9. The Morgan fingerprint density at radius 1 is 1.12 bits per heavy atom. The van der Waals surface area contributed by atoms with Crippen molar-refractivity contribution in [1.29, 1.82) is 5.26 Å². The maximum absolute atomic E-state index is 13.0. The van der Waals surface area contributed by atoms with E-state index in [0.717, 1.165) is 5.56 Å².